The van der Waals surface area contributed by atoms with Crippen LogP contribution in [0.1, 0.15) is 12.8 Å². The van der Waals surface area contributed by atoms with Crippen molar-refractivity contribution in [1.82, 2.24) is 4.90 Å². The second-order valence-electron chi connectivity index (χ2n) is 2.83. The van der Waals surface area contributed by atoms with Crippen molar-refractivity contribution in [2.75, 3.05) is 19.5 Å². The van der Waals surface area contributed by atoms with Crippen molar-refractivity contribution < 1.29 is 4.70 Å². The van der Waals surface area contributed by atoms with Crippen LogP contribution in [-0.2, 0) is 4.70 Å². The third-order valence-corrected chi connectivity index (χ3v) is 2.07. The zero-order chi connectivity index (χ0) is 8.10. The third kappa shape index (κ3) is 2.43. The predicted molar refractivity (Wildman–Crippen MR) is 42.5 cm³/mol. The van der Waals surface area contributed by atoms with Crippen molar-refractivity contribution in [3.8, 4) is 0 Å². The molecule has 3 nitrogen and oxygen atoms in total. The molecule has 0 N–H and O–H groups in total. The van der Waals surface area contributed by atoms with Crippen LogP contribution >= 0.6 is 0 Å². The summed E-state index contributed by atoms with van der Waals surface area (Å²) in [6, 6.07) is 0.206. The van der Waals surface area contributed by atoms with Gasteiger partial charge in [-0.2, -0.15) is 0 Å². The summed E-state index contributed by atoms with van der Waals surface area (Å²) < 4.78 is 10.1. The number of hydrogen-bond donors (Lipinski definition) is 0. The van der Waals surface area contributed by atoms with Gasteiger partial charge in [0.2, 0.25) is 0 Å². The fourth-order valence-electron chi connectivity index (χ4n) is 1.34. The van der Waals surface area contributed by atoms with Crippen molar-refractivity contribution in [2.24, 2.45) is 0 Å². The summed E-state index contributed by atoms with van der Waals surface area (Å²) in [7, 11) is 0.929. The summed E-state index contributed by atoms with van der Waals surface area (Å²) >= 11 is 0. The first-order valence-electron chi connectivity index (χ1n) is 3.89. The van der Waals surface area contributed by atoms with Gasteiger partial charge >= 0.3 is 66.6 Å². The van der Waals surface area contributed by atoms with Gasteiger partial charge in [0, 0.05) is 0 Å². The van der Waals surface area contributed by atoms with Gasteiger partial charge in [0.1, 0.15) is 0 Å². The second-order valence-corrected chi connectivity index (χ2v) is 2.83. The molecule has 0 atom stereocenters. The average molecular weight is 150 g/mol. The molecular formula is C7H11BN2O. The Labute approximate surface area is 67.5 Å². The first-order chi connectivity index (χ1) is 5.36. The van der Waals surface area contributed by atoms with Crippen molar-refractivity contribution in [3.63, 3.8) is 0 Å². The summed E-state index contributed by atoms with van der Waals surface area (Å²) in [5.74, 6) is 0. The molecule has 1 heterocycles. The molecule has 1 aliphatic heterocycles. The van der Waals surface area contributed by atoms with E-state index in [-0.39, 0.29) is 6.04 Å². The SMILES string of the molecule is [C-]#[N+]C1CCN(CB=O)CC1. The van der Waals surface area contributed by atoms with Crippen LogP contribution < -0.4 is 0 Å². The van der Waals surface area contributed by atoms with Gasteiger partial charge in [0.25, 0.3) is 0 Å². The van der Waals surface area contributed by atoms with Gasteiger partial charge < -0.3 is 0 Å². The van der Waals surface area contributed by atoms with Crippen LogP contribution in [0.25, 0.3) is 4.85 Å². The number of rotatable bonds is 2. The van der Waals surface area contributed by atoms with Crippen molar-refractivity contribution in [1.29, 1.82) is 0 Å². The molecule has 58 valence electrons. The molecule has 0 aromatic rings. The second kappa shape index (κ2) is 4.25. The van der Waals surface area contributed by atoms with Gasteiger partial charge in [-0.15, -0.1) is 0 Å². The molecule has 0 saturated carbocycles. The van der Waals surface area contributed by atoms with E-state index < -0.39 is 0 Å². The molecule has 0 aromatic carbocycles. The Bertz CT molecular complexity index is 170. The molecular weight excluding hydrogens is 139 g/mol. The van der Waals surface area contributed by atoms with Gasteiger partial charge in [-0.1, -0.05) is 0 Å². The zero-order valence-corrected chi connectivity index (χ0v) is 6.49. The number of piperidine rings is 1. The number of nitrogens with zero attached hydrogens (tertiary/aromatic N) is 2. The van der Waals surface area contributed by atoms with E-state index in [9.17, 15) is 4.70 Å². The Hall–Kier alpha value is -0.685. The Morgan fingerprint density at radius 3 is 2.64 bits per heavy atom. The number of likely N-dealkylation sites (tertiary alicyclic amines) is 1. The summed E-state index contributed by atoms with van der Waals surface area (Å²) in [6.07, 6.45) is 2.39. The maximum absolute atomic E-state index is 10.1. The maximum atomic E-state index is 10.1. The molecule has 0 spiro atoms. The van der Waals surface area contributed by atoms with E-state index in [2.05, 4.69) is 9.74 Å². The molecule has 1 rings (SSSR count). The van der Waals surface area contributed by atoms with Crippen LogP contribution in [0.2, 0.25) is 0 Å². The summed E-state index contributed by atoms with van der Waals surface area (Å²) in [5, 5.41) is 0. The Balaban J connectivity index is 2.25. The van der Waals surface area contributed by atoms with Gasteiger partial charge in [-0.05, 0) is 0 Å². The molecule has 0 unspecified atom stereocenters. The molecule has 1 saturated heterocycles. The van der Waals surface area contributed by atoms with Crippen LogP contribution in [-0.4, -0.2) is 37.6 Å². The van der Waals surface area contributed by atoms with E-state index >= 15 is 0 Å². The first kappa shape index (κ1) is 8.41. The summed E-state index contributed by atoms with van der Waals surface area (Å²) in [6.45, 7) is 8.62. The molecule has 1 fully saturated rings. The third-order valence-electron chi connectivity index (χ3n) is 2.07. The quantitative estimate of drug-likeness (QED) is 0.419. The van der Waals surface area contributed by atoms with E-state index in [0.29, 0.717) is 6.44 Å². The predicted octanol–water partition coefficient (Wildman–Crippen LogP) is 0.377. The van der Waals surface area contributed by atoms with E-state index in [1.807, 2.05) is 0 Å². The Morgan fingerprint density at radius 2 is 2.18 bits per heavy atom. The van der Waals surface area contributed by atoms with Crippen molar-refractivity contribution in [2.45, 2.75) is 18.9 Å². The molecule has 0 bridgehead atoms. The molecule has 0 amide bonds. The molecule has 11 heavy (non-hydrogen) atoms. The van der Waals surface area contributed by atoms with Crippen LogP contribution in [0.15, 0.2) is 0 Å². The van der Waals surface area contributed by atoms with Crippen molar-refractivity contribution in [3.05, 3.63) is 11.4 Å². The molecule has 0 radical (unpaired) electrons. The summed E-state index contributed by atoms with van der Waals surface area (Å²) in [5.41, 5.74) is 0. The first-order valence-corrected chi connectivity index (χ1v) is 3.89. The van der Waals surface area contributed by atoms with Gasteiger partial charge in [-0.25, -0.2) is 0 Å². The summed E-state index contributed by atoms with van der Waals surface area (Å²) in [4.78, 5) is 5.57. The number of hydrogen-bond acceptors (Lipinski definition) is 2. The van der Waals surface area contributed by atoms with Crippen LogP contribution in [0.5, 0.6) is 0 Å². The molecule has 0 aliphatic carbocycles. The van der Waals surface area contributed by atoms with E-state index in [1.165, 1.54) is 0 Å². The molecule has 1 aliphatic rings. The van der Waals surface area contributed by atoms with Crippen molar-refractivity contribution >= 4 is 7.15 Å². The van der Waals surface area contributed by atoms with Crippen LogP contribution in [0, 0.1) is 6.57 Å². The van der Waals surface area contributed by atoms with Crippen LogP contribution in [0.4, 0.5) is 0 Å². The van der Waals surface area contributed by atoms with E-state index in [1.54, 1.807) is 0 Å². The monoisotopic (exact) mass is 150 g/mol. The Kier molecular flexibility index (Phi) is 3.25. The average Bonchev–Trinajstić information content (AvgIpc) is 2.07. The van der Waals surface area contributed by atoms with E-state index in [0.717, 1.165) is 33.1 Å². The fourth-order valence-corrected chi connectivity index (χ4v) is 1.34. The topological polar surface area (TPSA) is 24.7 Å². The minimum atomic E-state index is 0.206. The van der Waals surface area contributed by atoms with Gasteiger partial charge in [-0.3, -0.25) is 0 Å². The standard InChI is InChI=1S/C7H11BN2O/c1-9-7-2-4-10(5-3-7)6-8-11/h7H,2-6H2. The van der Waals surface area contributed by atoms with Crippen LogP contribution in [0.3, 0.4) is 0 Å². The fraction of sp³-hybridized carbons (Fsp3) is 0.857. The van der Waals surface area contributed by atoms with Gasteiger partial charge in [0.05, 0.1) is 0 Å². The normalized spacial score (nSPS) is 20.6. The Morgan fingerprint density at radius 1 is 1.55 bits per heavy atom. The minimum absolute atomic E-state index is 0.206. The molecule has 0 aromatic heterocycles. The molecule has 4 heteroatoms. The zero-order valence-electron chi connectivity index (χ0n) is 6.49. The van der Waals surface area contributed by atoms with E-state index in [4.69, 9.17) is 6.57 Å². The van der Waals surface area contributed by atoms with Gasteiger partial charge in [0.15, 0.2) is 0 Å².